The first kappa shape index (κ1) is 20.2. The Labute approximate surface area is 176 Å². The monoisotopic (exact) mass is 460 g/mol. The van der Waals surface area contributed by atoms with Crippen LogP contribution in [-0.2, 0) is 13.2 Å². The molecule has 0 aliphatic heterocycles. The topological polar surface area (TPSA) is 64.4 Å². The number of ether oxygens (including phenoxy) is 1. The fraction of sp³-hybridized carbons (Fsp3) is 0.143. The van der Waals surface area contributed by atoms with Crippen LogP contribution in [0, 0.1) is 17.0 Å². The number of nitro benzene ring substituents is 1. The van der Waals surface area contributed by atoms with E-state index in [-0.39, 0.29) is 5.69 Å². The average molecular weight is 462 g/mol. The standard InChI is InChI=1S/C21H18BrClN2O3/c1-14-2-6-18(11-20(14)23)24-12-16-10-17(22)5-9-21(16)28-13-15-3-7-19(8-4-15)25(26)27/h2-11,24H,12-13H2,1H3. The van der Waals surface area contributed by atoms with E-state index < -0.39 is 4.92 Å². The van der Waals surface area contributed by atoms with Gasteiger partial charge in [-0.2, -0.15) is 0 Å². The first-order valence-electron chi connectivity index (χ1n) is 8.57. The van der Waals surface area contributed by atoms with Crippen molar-refractivity contribution in [3.63, 3.8) is 0 Å². The molecule has 0 amide bonds. The van der Waals surface area contributed by atoms with Gasteiger partial charge in [-0.05, 0) is 60.5 Å². The summed E-state index contributed by atoms with van der Waals surface area (Å²) in [5.41, 5.74) is 3.86. The Kier molecular flexibility index (Phi) is 6.54. The van der Waals surface area contributed by atoms with Crippen molar-refractivity contribution in [3.8, 4) is 5.75 Å². The molecule has 0 bridgehead atoms. The predicted octanol–water partition coefficient (Wildman–Crippen LogP) is 6.51. The van der Waals surface area contributed by atoms with Crippen LogP contribution in [0.2, 0.25) is 5.02 Å². The zero-order chi connectivity index (χ0) is 20.1. The SMILES string of the molecule is Cc1ccc(NCc2cc(Br)ccc2OCc2ccc([N+](=O)[O-])cc2)cc1Cl. The molecule has 28 heavy (non-hydrogen) atoms. The molecule has 0 aliphatic rings. The molecule has 5 nitrogen and oxygen atoms in total. The molecule has 0 heterocycles. The number of nitrogens with zero attached hydrogens (tertiary/aromatic N) is 1. The van der Waals surface area contributed by atoms with E-state index in [0.717, 1.165) is 32.6 Å². The van der Waals surface area contributed by atoms with Crippen molar-refractivity contribution < 1.29 is 9.66 Å². The largest absolute Gasteiger partial charge is 0.489 e. The predicted molar refractivity (Wildman–Crippen MR) is 115 cm³/mol. The van der Waals surface area contributed by atoms with Gasteiger partial charge in [-0.25, -0.2) is 0 Å². The van der Waals surface area contributed by atoms with Crippen molar-refractivity contribution in [1.29, 1.82) is 0 Å². The molecule has 0 saturated carbocycles. The maximum Gasteiger partial charge on any atom is 0.269 e. The van der Waals surface area contributed by atoms with E-state index in [4.69, 9.17) is 16.3 Å². The van der Waals surface area contributed by atoms with Gasteiger partial charge in [0.1, 0.15) is 12.4 Å². The number of nitro groups is 1. The molecule has 3 aromatic rings. The van der Waals surface area contributed by atoms with E-state index in [9.17, 15) is 10.1 Å². The van der Waals surface area contributed by atoms with E-state index in [1.165, 1.54) is 12.1 Å². The Morgan fingerprint density at radius 1 is 1.11 bits per heavy atom. The Balaban J connectivity index is 1.69. The lowest BCUT2D eigenvalue weighted by Gasteiger charge is -2.14. The lowest BCUT2D eigenvalue weighted by Crippen LogP contribution is -2.04. The number of benzene rings is 3. The van der Waals surface area contributed by atoms with Crippen LogP contribution in [-0.4, -0.2) is 4.92 Å². The second kappa shape index (κ2) is 9.08. The van der Waals surface area contributed by atoms with Crippen LogP contribution < -0.4 is 10.1 Å². The van der Waals surface area contributed by atoms with E-state index in [0.29, 0.717) is 18.2 Å². The highest BCUT2D eigenvalue weighted by molar-refractivity contribution is 9.10. The van der Waals surface area contributed by atoms with Gasteiger partial charge in [-0.3, -0.25) is 10.1 Å². The molecule has 0 unspecified atom stereocenters. The van der Waals surface area contributed by atoms with Gasteiger partial charge in [0.15, 0.2) is 0 Å². The molecule has 7 heteroatoms. The van der Waals surface area contributed by atoms with E-state index in [2.05, 4.69) is 21.2 Å². The summed E-state index contributed by atoms with van der Waals surface area (Å²) in [6, 6.07) is 18.0. The third kappa shape index (κ3) is 5.24. The number of anilines is 1. The number of hydrogen-bond acceptors (Lipinski definition) is 4. The molecule has 0 saturated heterocycles. The minimum atomic E-state index is -0.416. The van der Waals surface area contributed by atoms with Crippen molar-refractivity contribution in [2.45, 2.75) is 20.1 Å². The lowest BCUT2D eigenvalue weighted by atomic mass is 10.1. The molecule has 3 rings (SSSR count). The van der Waals surface area contributed by atoms with Gasteiger partial charge in [-0.15, -0.1) is 0 Å². The van der Waals surface area contributed by atoms with Crippen LogP contribution in [0.1, 0.15) is 16.7 Å². The highest BCUT2D eigenvalue weighted by Gasteiger charge is 2.08. The molecule has 3 aromatic carbocycles. The third-order valence-corrected chi connectivity index (χ3v) is 5.12. The molecule has 144 valence electrons. The summed E-state index contributed by atoms with van der Waals surface area (Å²) in [5, 5.41) is 14.8. The first-order chi connectivity index (χ1) is 13.4. The Morgan fingerprint density at radius 3 is 2.54 bits per heavy atom. The molecule has 1 N–H and O–H groups in total. The van der Waals surface area contributed by atoms with Crippen LogP contribution in [0.3, 0.4) is 0 Å². The number of non-ortho nitro benzene ring substituents is 1. The zero-order valence-electron chi connectivity index (χ0n) is 15.1. The minimum Gasteiger partial charge on any atom is -0.489 e. The Morgan fingerprint density at radius 2 is 1.86 bits per heavy atom. The average Bonchev–Trinajstić information content (AvgIpc) is 2.68. The molecule has 0 radical (unpaired) electrons. The second-order valence-electron chi connectivity index (χ2n) is 6.28. The smallest absolute Gasteiger partial charge is 0.269 e. The van der Waals surface area contributed by atoms with Crippen LogP contribution in [0.4, 0.5) is 11.4 Å². The third-order valence-electron chi connectivity index (χ3n) is 4.22. The van der Waals surface area contributed by atoms with Gasteiger partial charge in [0.25, 0.3) is 5.69 Å². The summed E-state index contributed by atoms with van der Waals surface area (Å²) in [7, 11) is 0. The van der Waals surface area contributed by atoms with Gasteiger partial charge >= 0.3 is 0 Å². The van der Waals surface area contributed by atoms with Crippen molar-refractivity contribution in [1.82, 2.24) is 0 Å². The van der Waals surface area contributed by atoms with Crippen molar-refractivity contribution in [2.24, 2.45) is 0 Å². The van der Waals surface area contributed by atoms with Gasteiger partial charge in [0.2, 0.25) is 0 Å². The molecule has 0 aromatic heterocycles. The van der Waals surface area contributed by atoms with Crippen LogP contribution >= 0.6 is 27.5 Å². The summed E-state index contributed by atoms with van der Waals surface area (Å²) >= 11 is 9.68. The summed E-state index contributed by atoms with van der Waals surface area (Å²) < 4.78 is 6.91. The van der Waals surface area contributed by atoms with Crippen molar-refractivity contribution in [3.05, 3.63) is 97.0 Å². The van der Waals surface area contributed by atoms with Crippen LogP contribution in [0.25, 0.3) is 0 Å². The van der Waals surface area contributed by atoms with Crippen LogP contribution in [0.5, 0.6) is 5.75 Å². The quantitative estimate of drug-likeness (QED) is 0.322. The highest BCUT2D eigenvalue weighted by Crippen LogP contribution is 2.26. The Bertz CT molecular complexity index is 993. The van der Waals surface area contributed by atoms with E-state index in [1.807, 2.05) is 43.3 Å². The van der Waals surface area contributed by atoms with E-state index in [1.54, 1.807) is 12.1 Å². The summed E-state index contributed by atoms with van der Waals surface area (Å²) in [4.78, 5) is 10.3. The molecule has 0 spiro atoms. The fourth-order valence-corrected chi connectivity index (χ4v) is 3.19. The van der Waals surface area contributed by atoms with Gasteiger partial charge in [-0.1, -0.05) is 33.6 Å². The van der Waals surface area contributed by atoms with Crippen LogP contribution in [0.15, 0.2) is 65.1 Å². The van der Waals surface area contributed by atoms with Gasteiger partial charge in [0, 0.05) is 39.4 Å². The van der Waals surface area contributed by atoms with Gasteiger partial charge in [0.05, 0.1) is 4.92 Å². The van der Waals surface area contributed by atoms with Gasteiger partial charge < -0.3 is 10.1 Å². The number of aryl methyl sites for hydroxylation is 1. The van der Waals surface area contributed by atoms with E-state index >= 15 is 0 Å². The molecular formula is C21H18BrClN2O3. The number of hydrogen-bond donors (Lipinski definition) is 1. The maximum atomic E-state index is 10.8. The Hall–Kier alpha value is -2.57. The maximum absolute atomic E-state index is 10.8. The molecule has 0 aliphatic carbocycles. The fourth-order valence-electron chi connectivity index (χ4n) is 2.60. The molecule has 0 fully saturated rings. The number of nitrogens with one attached hydrogen (secondary N) is 1. The lowest BCUT2D eigenvalue weighted by molar-refractivity contribution is -0.384. The summed E-state index contributed by atoms with van der Waals surface area (Å²) in [6.07, 6.45) is 0. The first-order valence-corrected chi connectivity index (χ1v) is 9.74. The molecular weight excluding hydrogens is 444 g/mol. The summed E-state index contributed by atoms with van der Waals surface area (Å²) in [5.74, 6) is 0.743. The normalized spacial score (nSPS) is 10.5. The van der Waals surface area contributed by atoms with Crippen molar-refractivity contribution >= 4 is 38.9 Å². The number of rotatable bonds is 7. The van der Waals surface area contributed by atoms with Crippen molar-refractivity contribution in [2.75, 3.05) is 5.32 Å². The second-order valence-corrected chi connectivity index (χ2v) is 7.60. The zero-order valence-corrected chi connectivity index (χ0v) is 17.5. The minimum absolute atomic E-state index is 0.0639. The highest BCUT2D eigenvalue weighted by atomic mass is 79.9. The number of halogens is 2. The summed E-state index contributed by atoms with van der Waals surface area (Å²) in [6.45, 7) is 2.85. The molecule has 0 atom stereocenters.